The Kier molecular flexibility index (Phi) is 6.14. The van der Waals surface area contributed by atoms with Gasteiger partial charge in [-0.15, -0.1) is 0 Å². The second-order valence-electron chi connectivity index (χ2n) is 1.78. The highest BCUT2D eigenvalue weighted by Crippen LogP contribution is 2.05. The Morgan fingerprint density at radius 2 is 2.11 bits per heavy atom. The van der Waals surface area contributed by atoms with E-state index in [0.717, 1.165) is 0 Å². The van der Waals surface area contributed by atoms with Crippen molar-refractivity contribution in [2.75, 3.05) is 0 Å². The molecule has 9 heavy (non-hydrogen) atoms. The fraction of sp³-hybridized carbons (Fsp3) is 0.667. The molecule has 54 valence electrons. The van der Waals surface area contributed by atoms with Crippen LogP contribution in [0.4, 0.5) is 0 Å². The molecule has 3 heteroatoms. The monoisotopic (exact) mass is 148 g/mol. The van der Waals surface area contributed by atoms with Crippen LogP contribution >= 0.6 is 12.0 Å². The maximum Gasteiger partial charge on any atom is 0.0886 e. The highest BCUT2D eigenvalue weighted by molar-refractivity contribution is 7.97. The zero-order valence-corrected chi connectivity index (χ0v) is 6.77. The lowest BCUT2D eigenvalue weighted by molar-refractivity contribution is -0.219. The lowest BCUT2D eigenvalue weighted by Crippen LogP contribution is -1.98. The van der Waals surface area contributed by atoms with E-state index in [0.29, 0.717) is 0 Å². The molecular weight excluding hydrogens is 136 g/mol. The minimum Gasteiger partial charge on any atom is -0.221 e. The zero-order valence-electron chi connectivity index (χ0n) is 5.96. The van der Waals surface area contributed by atoms with Crippen molar-refractivity contribution < 1.29 is 9.22 Å². The lowest BCUT2D eigenvalue weighted by Gasteiger charge is -2.01. The van der Waals surface area contributed by atoms with Crippen molar-refractivity contribution in [3.8, 4) is 0 Å². The van der Waals surface area contributed by atoms with Crippen molar-refractivity contribution in [3.05, 3.63) is 11.5 Å². The molecule has 0 radical (unpaired) electrons. The predicted molar refractivity (Wildman–Crippen MR) is 39.7 cm³/mol. The van der Waals surface area contributed by atoms with E-state index in [9.17, 15) is 0 Å². The first kappa shape index (κ1) is 9.01. The summed E-state index contributed by atoms with van der Waals surface area (Å²) < 4.78 is 4.67. The van der Waals surface area contributed by atoms with Crippen LogP contribution in [-0.2, 0) is 9.22 Å². The molecule has 0 unspecified atom stereocenters. The lowest BCUT2D eigenvalue weighted by atomic mass is 10.5. The van der Waals surface area contributed by atoms with Crippen LogP contribution in [0.1, 0.15) is 20.8 Å². The van der Waals surface area contributed by atoms with Crippen LogP contribution in [0.2, 0.25) is 0 Å². The first-order valence-corrected chi connectivity index (χ1v) is 3.67. The van der Waals surface area contributed by atoms with Crippen LogP contribution in [0.5, 0.6) is 0 Å². The van der Waals surface area contributed by atoms with Crippen LogP contribution in [0, 0.1) is 0 Å². The highest BCUT2D eigenvalue weighted by Gasteiger charge is 1.90. The van der Waals surface area contributed by atoms with Gasteiger partial charge in [0.1, 0.15) is 0 Å². The summed E-state index contributed by atoms with van der Waals surface area (Å²) in [7, 11) is 0. The van der Waals surface area contributed by atoms with Crippen LogP contribution < -0.4 is 0 Å². The van der Waals surface area contributed by atoms with Crippen molar-refractivity contribution in [3.63, 3.8) is 0 Å². The standard InChI is InChI=1S/C6H12O2S/c1-4-5-9-8-7-6(2)3/h4-6H,1-3H3/b5-4-. The fourth-order valence-electron chi connectivity index (χ4n) is 0.179. The maximum atomic E-state index is 4.76. The van der Waals surface area contributed by atoms with Gasteiger partial charge in [0.15, 0.2) is 0 Å². The molecule has 0 spiro atoms. The quantitative estimate of drug-likeness (QED) is 0.264. The van der Waals surface area contributed by atoms with Crippen LogP contribution in [-0.4, -0.2) is 6.10 Å². The summed E-state index contributed by atoms with van der Waals surface area (Å²) in [4.78, 5) is 4.76. The maximum absolute atomic E-state index is 4.76. The Hall–Kier alpha value is 0.01000. The largest absolute Gasteiger partial charge is 0.221 e. The Balaban J connectivity index is 2.91. The molecule has 0 aromatic rings. The third kappa shape index (κ3) is 8.01. The molecule has 0 atom stereocenters. The number of hydrogen-bond acceptors (Lipinski definition) is 3. The van der Waals surface area contributed by atoms with E-state index >= 15 is 0 Å². The van der Waals surface area contributed by atoms with Gasteiger partial charge in [-0.1, -0.05) is 6.08 Å². The van der Waals surface area contributed by atoms with Crippen molar-refractivity contribution in [1.82, 2.24) is 0 Å². The Labute approximate surface area is 60.4 Å². The van der Waals surface area contributed by atoms with E-state index in [1.54, 1.807) is 0 Å². The predicted octanol–water partition coefficient (Wildman–Crippen LogP) is 2.52. The Morgan fingerprint density at radius 1 is 1.44 bits per heavy atom. The Morgan fingerprint density at radius 3 is 2.56 bits per heavy atom. The van der Waals surface area contributed by atoms with Gasteiger partial charge in [-0.25, -0.2) is 4.89 Å². The molecular formula is C6H12O2S. The molecule has 0 aromatic heterocycles. The third-order valence-corrected chi connectivity index (χ3v) is 1.00. The summed E-state index contributed by atoms with van der Waals surface area (Å²) in [6, 6.07) is 0. The summed E-state index contributed by atoms with van der Waals surface area (Å²) in [5, 5.41) is 1.81. The molecule has 0 amide bonds. The van der Waals surface area contributed by atoms with E-state index in [-0.39, 0.29) is 6.10 Å². The zero-order chi connectivity index (χ0) is 7.11. The fourth-order valence-corrected chi connectivity index (χ4v) is 0.538. The van der Waals surface area contributed by atoms with Gasteiger partial charge in [0, 0.05) is 0 Å². The second-order valence-corrected chi connectivity index (χ2v) is 2.38. The van der Waals surface area contributed by atoms with Crippen molar-refractivity contribution in [2.24, 2.45) is 0 Å². The van der Waals surface area contributed by atoms with Gasteiger partial charge in [0.25, 0.3) is 0 Å². The van der Waals surface area contributed by atoms with E-state index in [1.165, 1.54) is 12.0 Å². The van der Waals surface area contributed by atoms with Gasteiger partial charge in [-0.3, -0.25) is 0 Å². The first-order valence-electron chi connectivity index (χ1n) is 2.87. The van der Waals surface area contributed by atoms with E-state index < -0.39 is 0 Å². The summed E-state index contributed by atoms with van der Waals surface area (Å²) in [6.07, 6.45) is 2.01. The van der Waals surface area contributed by atoms with E-state index in [1.807, 2.05) is 32.3 Å². The summed E-state index contributed by atoms with van der Waals surface area (Å²) >= 11 is 1.18. The highest BCUT2D eigenvalue weighted by atomic mass is 32.2. The van der Waals surface area contributed by atoms with Crippen LogP contribution in [0.15, 0.2) is 11.5 Å². The molecule has 0 bridgehead atoms. The van der Waals surface area contributed by atoms with Gasteiger partial charge in [0.2, 0.25) is 0 Å². The molecule has 0 aliphatic heterocycles. The van der Waals surface area contributed by atoms with Crippen LogP contribution in [0.3, 0.4) is 0 Å². The minimum atomic E-state index is 0.128. The summed E-state index contributed by atoms with van der Waals surface area (Å²) in [5.74, 6) is 0. The van der Waals surface area contributed by atoms with Crippen molar-refractivity contribution in [1.29, 1.82) is 0 Å². The molecule has 0 aliphatic rings. The van der Waals surface area contributed by atoms with Gasteiger partial charge >= 0.3 is 0 Å². The number of allylic oxidation sites excluding steroid dienone is 1. The van der Waals surface area contributed by atoms with Crippen LogP contribution in [0.25, 0.3) is 0 Å². The topological polar surface area (TPSA) is 18.5 Å². The molecule has 0 aliphatic carbocycles. The van der Waals surface area contributed by atoms with Gasteiger partial charge in [-0.05, 0) is 26.2 Å². The van der Waals surface area contributed by atoms with E-state index in [2.05, 4.69) is 4.33 Å². The van der Waals surface area contributed by atoms with Crippen molar-refractivity contribution in [2.45, 2.75) is 26.9 Å². The summed E-state index contributed by atoms with van der Waals surface area (Å²) in [6.45, 7) is 5.75. The minimum absolute atomic E-state index is 0.128. The molecule has 2 nitrogen and oxygen atoms in total. The third-order valence-electron chi connectivity index (χ3n) is 0.463. The molecule has 0 saturated carbocycles. The van der Waals surface area contributed by atoms with Crippen molar-refractivity contribution >= 4 is 12.0 Å². The number of hydrogen-bond donors (Lipinski definition) is 0. The smallest absolute Gasteiger partial charge is 0.0886 e. The molecule has 0 N–H and O–H groups in total. The average molecular weight is 148 g/mol. The average Bonchev–Trinajstić information content (AvgIpc) is 1.80. The molecule has 0 heterocycles. The Bertz CT molecular complexity index is 81.1. The second kappa shape index (κ2) is 6.13. The van der Waals surface area contributed by atoms with Gasteiger partial charge < -0.3 is 0 Å². The summed E-state index contributed by atoms with van der Waals surface area (Å²) in [5.41, 5.74) is 0. The molecule has 0 aromatic carbocycles. The molecule has 0 rings (SSSR count). The number of rotatable bonds is 4. The SMILES string of the molecule is C/C=C\SOOC(C)C. The first-order chi connectivity index (χ1) is 4.27. The molecule has 0 saturated heterocycles. The normalized spacial score (nSPS) is 11.6. The van der Waals surface area contributed by atoms with Gasteiger partial charge in [0.05, 0.1) is 18.1 Å². The molecule has 0 fully saturated rings. The van der Waals surface area contributed by atoms with Gasteiger partial charge in [-0.2, -0.15) is 4.33 Å². The van der Waals surface area contributed by atoms with E-state index in [4.69, 9.17) is 4.89 Å².